The second kappa shape index (κ2) is 10.5. The number of nitrogens with zero attached hydrogens (tertiary/aromatic N) is 3. The third kappa shape index (κ3) is 5.65. The molecule has 5 atom stereocenters. The fourth-order valence-electron chi connectivity index (χ4n) is 3.95. The van der Waals surface area contributed by atoms with Crippen molar-refractivity contribution >= 4 is 20.3 Å². The van der Waals surface area contributed by atoms with E-state index in [1.54, 1.807) is 27.7 Å². The monoisotopic (exact) mass is 529 g/mol. The number of ether oxygens (including phenoxy) is 5. The van der Waals surface area contributed by atoms with Crippen molar-refractivity contribution in [2.45, 2.75) is 103 Å². The second-order valence-electron chi connectivity index (χ2n) is 10.9. The van der Waals surface area contributed by atoms with E-state index >= 15 is 0 Å². The van der Waals surface area contributed by atoms with E-state index in [0.717, 1.165) is 0 Å². The van der Waals surface area contributed by atoms with Crippen molar-refractivity contribution in [2.75, 3.05) is 19.8 Å². The van der Waals surface area contributed by atoms with E-state index in [9.17, 15) is 14.7 Å². The predicted octanol–water partition coefficient (Wildman–Crippen LogP) is 2.43. The molecule has 3 rings (SSSR count). The molecular weight excluding hydrogens is 490 g/mol. The summed E-state index contributed by atoms with van der Waals surface area (Å²) >= 11 is 0. The fourth-order valence-corrected chi connectivity index (χ4v) is 4.97. The van der Waals surface area contributed by atoms with Gasteiger partial charge in [-0.05, 0) is 45.8 Å². The van der Waals surface area contributed by atoms with Crippen LogP contribution in [0.2, 0.25) is 18.1 Å². The van der Waals surface area contributed by atoms with Gasteiger partial charge in [0.25, 0.3) is 0 Å². The van der Waals surface area contributed by atoms with E-state index in [-0.39, 0.29) is 36.2 Å². The highest BCUT2D eigenvalue weighted by Crippen LogP contribution is 2.45. The summed E-state index contributed by atoms with van der Waals surface area (Å²) in [6, 6.07) is -0.870. The first kappa shape index (κ1) is 28.7. The lowest BCUT2D eigenvalue weighted by Gasteiger charge is -2.37. The van der Waals surface area contributed by atoms with Gasteiger partial charge in [-0.15, -0.1) is 5.10 Å². The van der Waals surface area contributed by atoms with Crippen LogP contribution in [0.15, 0.2) is 0 Å². The average molecular weight is 530 g/mol. The Balaban J connectivity index is 2.00. The summed E-state index contributed by atoms with van der Waals surface area (Å²) in [5, 5.41) is 19.2. The van der Waals surface area contributed by atoms with Crippen LogP contribution in [0.5, 0.6) is 0 Å². The summed E-state index contributed by atoms with van der Waals surface area (Å²) in [7, 11) is -2.18. The summed E-state index contributed by atoms with van der Waals surface area (Å²) in [4.78, 5) is 25.5. The van der Waals surface area contributed by atoms with Crippen LogP contribution >= 0.6 is 0 Å². The van der Waals surface area contributed by atoms with Crippen LogP contribution in [0.1, 0.15) is 75.5 Å². The van der Waals surface area contributed by atoms with E-state index in [2.05, 4.69) is 44.2 Å². The number of fused-ring (bicyclic) bond motifs is 1. The minimum absolute atomic E-state index is 0.00530. The van der Waals surface area contributed by atoms with Crippen LogP contribution in [-0.4, -0.2) is 90.6 Å². The zero-order valence-electron chi connectivity index (χ0n) is 22.6. The van der Waals surface area contributed by atoms with Crippen LogP contribution in [0.25, 0.3) is 0 Å². The molecule has 1 N–H and O–H groups in total. The highest BCUT2D eigenvalue weighted by molar-refractivity contribution is 6.74. The molecule has 2 aliphatic heterocycles. The molecule has 0 unspecified atom stereocenters. The number of carbonyl (C=O) groups excluding carboxylic acids is 2. The largest absolute Gasteiger partial charge is 0.461 e. The number of aliphatic hydroxyl groups is 1. The molecule has 204 valence electrons. The molecule has 0 saturated carbocycles. The van der Waals surface area contributed by atoms with Gasteiger partial charge in [0, 0.05) is 0 Å². The van der Waals surface area contributed by atoms with Crippen molar-refractivity contribution in [3.8, 4) is 0 Å². The van der Waals surface area contributed by atoms with Gasteiger partial charge < -0.3 is 33.2 Å². The number of rotatable bonds is 9. The lowest BCUT2D eigenvalue weighted by atomic mass is 10.0. The van der Waals surface area contributed by atoms with Gasteiger partial charge in [-0.3, -0.25) is 0 Å². The summed E-state index contributed by atoms with van der Waals surface area (Å²) in [6.45, 7) is 17.4. The highest BCUT2D eigenvalue weighted by Gasteiger charge is 2.59. The van der Waals surface area contributed by atoms with Gasteiger partial charge >= 0.3 is 11.9 Å². The minimum Gasteiger partial charge on any atom is -0.461 e. The molecule has 0 spiro atoms. The van der Waals surface area contributed by atoms with E-state index in [1.165, 1.54) is 4.68 Å². The molecule has 0 radical (unpaired) electrons. The fraction of sp³-hybridized carbons (Fsp3) is 0.826. The Morgan fingerprint density at radius 2 is 1.75 bits per heavy atom. The predicted molar refractivity (Wildman–Crippen MR) is 129 cm³/mol. The van der Waals surface area contributed by atoms with Crippen LogP contribution in [0.3, 0.4) is 0 Å². The summed E-state index contributed by atoms with van der Waals surface area (Å²) in [5.41, 5.74) is -0.497. The molecule has 36 heavy (non-hydrogen) atoms. The molecule has 3 heterocycles. The Labute approximate surface area is 212 Å². The summed E-state index contributed by atoms with van der Waals surface area (Å²) in [6.07, 6.45) is -3.65. The Kier molecular flexibility index (Phi) is 8.33. The van der Waals surface area contributed by atoms with Crippen molar-refractivity contribution in [3.05, 3.63) is 11.4 Å². The zero-order chi connectivity index (χ0) is 27.1. The van der Waals surface area contributed by atoms with Crippen LogP contribution in [0, 0.1) is 0 Å². The molecule has 0 aliphatic carbocycles. The highest BCUT2D eigenvalue weighted by atomic mass is 28.4. The Morgan fingerprint density at radius 3 is 2.33 bits per heavy atom. The van der Waals surface area contributed by atoms with Crippen molar-refractivity contribution in [2.24, 2.45) is 0 Å². The molecule has 12 nitrogen and oxygen atoms in total. The Bertz CT molecular complexity index is 959. The van der Waals surface area contributed by atoms with E-state index < -0.39 is 56.7 Å². The van der Waals surface area contributed by atoms with E-state index in [4.69, 9.17) is 28.1 Å². The molecule has 2 saturated heterocycles. The van der Waals surface area contributed by atoms with Crippen molar-refractivity contribution < 1.29 is 42.8 Å². The molecule has 13 heteroatoms. The minimum atomic E-state index is -2.18. The number of hydrogen-bond donors (Lipinski definition) is 1. The first-order chi connectivity index (χ1) is 16.6. The van der Waals surface area contributed by atoms with Crippen molar-refractivity contribution in [1.29, 1.82) is 0 Å². The van der Waals surface area contributed by atoms with Crippen LogP contribution in [-0.2, 0) is 28.1 Å². The molecular formula is C23H39N3O9Si. The van der Waals surface area contributed by atoms with Gasteiger partial charge in [-0.2, -0.15) is 0 Å². The summed E-state index contributed by atoms with van der Waals surface area (Å²) < 4.78 is 35.8. The van der Waals surface area contributed by atoms with Crippen molar-refractivity contribution in [1.82, 2.24) is 15.0 Å². The maximum Gasteiger partial charge on any atom is 0.361 e. The Morgan fingerprint density at radius 1 is 1.14 bits per heavy atom. The number of aliphatic hydroxyl groups excluding tert-OH is 1. The number of aromatic nitrogens is 3. The van der Waals surface area contributed by atoms with Gasteiger partial charge in [0.2, 0.25) is 5.69 Å². The molecule has 1 aromatic heterocycles. The zero-order valence-corrected chi connectivity index (χ0v) is 23.6. The Hall–Kier alpha value is -1.90. The van der Waals surface area contributed by atoms with Crippen LogP contribution in [0.4, 0.5) is 0 Å². The molecule has 1 aromatic rings. The van der Waals surface area contributed by atoms with Gasteiger partial charge in [-0.1, -0.05) is 26.0 Å². The lowest BCUT2D eigenvalue weighted by Crippen LogP contribution is -2.46. The van der Waals surface area contributed by atoms with Crippen molar-refractivity contribution in [3.63, 3.8) is 0 Å². The third-order valence-electron chi connectivity index (χ3n) is 6.77. The maximum atomic E-state index is 13.0. The average Bonchev–Trinajstić information content (AvgIpc) is 3.41. The molecule has 0 bridgehead atoms. The van der Waals surface area contributed by atoms with Gasteiger partial charge in [0.15, 0.2) is 26.1 Å². The number of esters is 2. The molecule has 0 amide bonds. The lowest BCUT2D eigenvalue weighted by molar-refractivity contribution is -0.221. The summed E-state index contributed by atoms with van der Waals surface area (Å²) in [5.74, 6) is -2.60. The van der Waals surface area contributed by atoms with Crippen LogP contribution < -0.4 is 0 Å². The SMILES string of the molecule is CCOC(=O)c1nnn([C@@H]2[C@H]3OC(C)(C)O[C@H]3O[C@@H]2[C@H](O)CO[Si](C)(C)C(C)(C)C)c1C(=O)OCC. The van der Waals surface area contributed by atoms with Gasteiger partial charge in [0.05, 0.1) is 19.8 Å². The van der Waals surface area contributed by atoms with Gasteiger partial charge in [-0.25, -0.2) is 14.3 Å². The second-order valence-corrected chi connectivity index (χ2v) is 15.7. The standard InChI is InChI=1S/C23H39N3O9Si/c1-10-30-19(28)14-15(20(29)31-11-2)26(25-24-14)16-17(33-21-18(16)34-23(6,7)35-21)13(27)12-32-36(8,9)22(3,4)5/h13,16-18,21,27H,10-12H2,1-9H3/t13-,16+,17-,18-,21-/m1/s1. The maximum absolute atomic E-state index is 13.0. The molecule has 2 aliphatic rings. The number of carbonyl (C=O) groups is 2. The smallest absolute Gasteiger partial charge is 0.361 e. The number of hydrogen-bond acceptors (Lipinski definition) is 11. The topological polar surface area (TPSA) is 140 Å². The van der Waals surface area contributed by atoms with E-state index in [1.807, 2.05) is 0 Å². The molecule has 2 fully saturated rings. The first-order valence-corrected chi connectivity index (χ1v) is 15.2. The third-order valence-corrected chi connectivity index (χ3v) is 11.3. The first-order valence-electron chi connectivity index (χ1n) is 12.3. The quantitative estimate of drug-likeness (QED) is 0.372. The van der Waals surface area contributed by atoms with E-state index in [0.29, 0.717) is 0 Å². The molecule has 0 aromatic carbocycles. The van der Waals surface area contributed by atoms with Gasteiger partial charge in [0.1, 0.15) is 24.4 Å². The normalized spacial score (nSPS) is 26.5.